The van der Waals surface area contributed by atoms with Gasteiger partial charge in [0.25, 0.3) is 0 Å². The molecule has 0 spiro atoms. The molecule has 1 unspecified atom stereocenters. The molecule has 0 aliphatic carbocycles. The average molecular weight is 326 g/mol. The molecule has 7 nitrogen and oxygen atoms in total. The van der Waals surface area contributed by atoms with Crippen LogP contribution in [0.15, 0.2) is 6.07 Å². The molecular formula is C9H12ClN3O4S2. The first-order valence-electron chi connectivity index (χ1n) is 5.41. The minimum atomic E-state index is -3.83. The maximum Gasteiger partial charge on any atom is 0.238 e. The van der Waals surface area contributed by atoms with Gasteiger partial charge in [-0.3, -0.25) is 4.72 Å². The van der Waals surface area contributed by atoms with Gasteiger partial charge in [0.05, 0.1) is 16.8 Å². The molecule has 19 heavy (non-hydrogen) atoms. The Labute approximate surface area is 116 Å². The Morgan fingerprint density at radius 3 is 2.63 bits per heavy atom. The number of hydrogen-bond acceptors (Lipinski definition) is 6. The van der Waals surface area contributed by atoms with Crippen molar-refractivity contribution in [3.63, 3.8) is 0 Å². The molecule has 0 radical (unpaired) electrons. The molecule has 10 heteroatoms. The van der Waals surface area contributed by atoms with Crippen LogP contribution >= 0.6 is 11.6 Å². The van der Waals surface area contributed by atoms with Crippen molar-refractivity contribution in [1.82, 2.24) is 9.97 Å². The molecular weight excluding hydrogens is 314 g/mol. The number of sulfonamides is 1. The van der Waals surface area contributed by atoms with Gasteiger partial charge >= 0.3 is 0 Å². The van der Waals surface area contributed by atoms with Gasteiger partial charge < -0.3 is 0 Å². The molecule has 1 fully saturated rings. The van der Waals surface area contributed by atoms with Gasteiger partial charge in [-0.15, -0.1) is 0 Å². The van der Waals surface area contributed by atoms with E-state index in [4.69, 9.17) is 11.6 Å². The lowest BCUT2D eigenvalue weighted by molar-refractivity contribution is 0.586. The van der Waals surface area contributed by atoms with Gasteiger partial charge in [0.15, 0.2) is 9.84 Å². The lowest BCUT2D eigenvalue weighted by Crippen LogP contribution is -2.29. The first kappa shape index (κ1) is 14.5. The van der Waals surface area contributed by atoms with E-state index < -0.39 is 25.1 Å². The number of sulfone groups is 1. The molecule has 1 aliphatic rings. The zero-order valence-electron chi connectivity index (χ0n) is 10.00. The maximum absolute atomic E-state index is 12.0. The summed E-state index contributed by atoms with van der Waals surface area (Å²) in [6.45, 7) is 1.64. The lowest BCUT2D eigenvalue weighted by atomic mass is 10.4. The second-order valence-corrected chi connectivity index (χ2v) is 8.90. The summed E-state index contributed by atoms with van der Waals surface area (Å²) in [5.41, 5.74) is 0.511. The number of nitrogens with one attached hydrogen (secondary N) is 1. The first-order chi connectivity index (χ1) is 8.68. The number of anilines is 1. The monoisotopic (exact) mass is 325 g/mol. The molecule has 106 valence electrons. The predicted octanol–water partition coefficient (Wildman–Crippen LogP) is 0.367. The van der Waals surface area contributed by atoms with Crippen molar-refractivity contribution in [3.8, 4) is 0 Å². The van der Waals surface area contributed by atoms with E-state index in [1.54, 1.807) is 6.92 Å². The van der Waals surface area contributed by atoms with Crippen molar-refractivity contribution in [1.29, 1.82) is 0 Å². The predicted molar refractivity (Wildman–Crippen MR) is 71.4 cm³/mol. The van der Waals surface area contributed by atoms with Crippen LogP contribution in [0.3, 0.4) is 0 Å². The SMILES string of the molecule is Cc1cc(Cl)nc(NS(=O)(=O)C2CCS(=O)(=O)C2)n1. The van der Waals surface area contributed by atoms with Crippen LogP contribution in [0.4, 0.5) is 5.95 Å². The van der Waals surface area contributed by atoms with Crippen molar-refractivity contribution in [2.24, 2.45) is 0 Å². The van der Waals surface area contributed by atoms with Crippen molar-refractivity contribution in [3.05, 3.63) is 16.9 Å². The van der Waals surface area contributed by atoms with Crippen LogP contribution in [0, 0.1) is 6.92 Å². The number of nitrogens with zero attached hydrogens (tertiary/aromatic N) is 2. The Morgan fingerprint density at radius 1 is 1.42 bits per heavy atom. The van der Waals surface area contributed by atoms with Gasteiger partial charge in [-0.25, -0.2) is 26.8 Å². The zero-order chi connectivity index (χ0) is 14.3. The summed E-state index contributed by atoms with van der Waals surface area (Å²) in [5.74, 6) is -0.634. The van der Waals surface area contributed by atoms with Crippen LogP contribution in [0.1, 0.15) is 12.1 Å². The van der Waals surface area contributed by atoms with Crippen LogP contribution in [-0.4, -0.2) is 43.6 Å². The standard InChI is InChI=1S/C9H12ClN3O4S2/c1-6-4-8(10)12-9(11-6)13-19(16,17)7-2-3-18(14,15)5-7/h4,7H,2-3,5H2,1H3,(H,11,12,13). The lowest BCUT2D eigenvalue weighted by Gasteiger charge is -2.11. The summed E-state index contributed by atoms with van der Waals surface area (Å²) >= 11 is 5.70. The van der Waals surface area contributed by atoms with Gasteiger partial charge in [0, 0.05) is 5.69 Å². The summed E-state index contributed by atoms with van der Waals surface area (Å²) in [5, 5.41) is -0.857. The Hall–Kier alpha value is -0.930. The van der Waals surface area contributed by atoms with Crippen molar-refractivity contribution in [2.45, 2.75) is 18.6 Å². The number of aromatic nitrogens is 2. The van der Waals surface area contributed by atoms with Crippen LogP contribution < -0.4 is 4.72 Å². The second-order valence-electron chi connectivity index (χ2n) is 4.33. The maximum atomic E-state index is 12.0. The average Bonchev–Trinajstić information content (AvgIpc) is 2.57. The Balaban J connectivity index is 2.22. The zero-order valence-corrected chi connectivity index (χ0v) is 12.4. The van der Waals surface area contributed by atoms with Gasteiger partial charge in [-0.2, -0.15) is 0 Å². The number of aryl methyl sites for hydroxylation is 1. The first-order valence-corrected chi connectivity index (χ1v) is 9.16. The molecule has 1 atom stereocenters. The highest BCUT2D eigenvalue weighted by molar-refractivity contribution is 7.97. The smallest absolute Gasteiger partial charge is 0.238 e. The van der Waals surface area contributed by atoms with E-state index in [1.807, 2.05) is 0 Å². The molecule has 2 rings (SSSR count). The van der Waals surface area contributed by atoms with E-state index in [9.17, 15) is 16.8 Å². The minimum Gasteiger partial charge on any atom is -0.251 e. The fourth-order valence-electron chi connectivity index (χ4n) is 1.79. The third kappa shape index (κ3) is 3.54. The van der Waals surface area contributed by atoms with Crippen LogP contribution in [0.5, 0.6) is 0 Å². The van der Waals surface area contributed by atoms with Crippen molar-refractivity contribution >= 4 is 37.4 Å². The van der Waals surface area contributed by atoms with Gasteiger partial charge in [0.2, 0.25) is 16.0 Å². The highest BCUT2D eigenvalue weighted by atomic mass is 35.5. The fraction of sp³-hybridized carbons (Fsp3) is 0.556. The van der Waals surface area contributed by atoms with E-state index in [0.29, 0.717) is 5.69 Å². The Morgan fingerprint density at radius 2 is 2.11 bits per heavy atom. The number of rotatable bonds is 3. The molecule has 2 heterocycles. The van der Waals surface area contributed by atoms with Gasteiger partial charge in [0.1, 0.15) is 5.15 Å². The van der Waals surface area contributed by atoms with Crippen LogP contribution in [0.2, 0.25) is 5.15 Å². The largest absolute Gasteiger partial charge is 0.251 e. The molecule has 0 bridgehead atoms. The van der Waals surface area contributed by atoms with E-state index in [-0.39, 0.29) is 29.0 Å². The highest BCUT2D eigenvalue weighted by Crippen LogP contribution is 2.20. The fourth-order valence-corrected chi connectivity index (χ4v) is 6.00. The molecule has 1 aliphatic heterocycles. The summed E-state index contributed by atoms with van der Waals surface area (Å²) < 4.78 is 48.8. The normalized spacial score (nSPS) is 22.3. The van der Waals surface area contributed by atoms with E-state index in [1.165, 1.54) is 6.07 Å². The van der Waals surface area contributed by atoms with Crippen molar-refractivity contribution in [2.75, 3.05) is 16.2 Å². The summed E-state index contributed by atoms with van der Waals surface area (Å²) in [7, 11) is -7.10. The molecule has 0 amide bonds. The summed E-state index contributed by atoms with van der Waals surface area (Å²) in [6, 6.07) is 1.49. The molecule has 1 aromatic heterocycles. The quantitative estimate of drug-likeness (QED) is 0.805. The van der Waals surface area contributed by atoms with Gasteiger partial charge in [-0.1, -0.05) is 11.6 Å². The van der Waals surface area contributed by atoms with E-state index in [0.717, 1.165) is 0 Å². The summed E-state index contributed by atoms with van der Waals surface area (Å²) in [6.07, 6.45) is 0.0806. The van der Waals surface area contributed by atoms with Crippen LogP contribution in [0.25, 0.3) is 0 Å². The molecule has 0 aromatic carbocycles. The third-order valence-electron chi connectivity index (χ3n) is 2.69. The van der Waals surface area contributed by atoms with E-state index in [2.05, 4.69) is 14.7 Å². The highest BCUT2D eigenvalue weighted by Gasteiger charge is 2.37. The van der Waals surface area contributed by atoms with Crippen LogP contribution in [-0.2, 0) is 19.9 Å². The second kappa shape index (κ2) is 4.88. The molecule has 1 aromatic rings. The van der Waals surface area contributed by atoms with Gasteiger partial charge in [-0.05, 0) is 19.4 Å². The summed E-state index contributed by atoms with van der Waals surface area (Å²) in [4.78, 5) is 7.63. The molecule has 1 N–H and O–H groups in total. The number of hydrogen-bond donors (Lipinski definition) is 1. The van der Waals surface area contributed by atoms with E-state index >= 15 is 0 Å². The molecule has 0 saturated carbocycles. The topological polar surface area (TPSA) is 106 Å². The Bertz CT molecular complexity index is 682. The third-order valence-corrected chi connectivity index (χ3v) is 6.61. The Kier molecular flexibility index (Phi) is 3.72. The molecule has 1 saturated heterocycles. The minimum absolute atomic E-state index is 0.0806. The van der Waals surface area contributed by atoms with Crippen molar-refractivity contribution < 1.29 is 16.8 Å². The number of halogens is 1.